The molecular formula is C6H9N3O2. The van der Waals surface area contributed by atoms with Crippen molar-refractivity contribution in [3.63, 3.8) is 0 Å². The van der Waals surface area contributed by atoms with Crippen LogP contribution in [0.4, 0.5) is 0 Å². The number of carbonyl (C=O) groups excluding carboxylic acids is 1. The molecule has 11 heavy (non-hydrogen) atoms. The van der Waals surface area contributed by atoms with E-state index in [1.807, 2.05) is 0 Å². The molecule has 3 N–H and O–H groups in total. The number of aromatic amines is 1. The van der Waals surface area contributed by atoms with Gasteiger partial charge in [-0.15, -0.1) is 0 Å². The summed E-state index contributed by atoms with van der Waals surface area (Å²) in [6, 6.07) is 1.56. The van der Waals surface area contributed by atoms with Gasteiger partial charge in [0.15, 0.2) is 5.69 Å². The van der Waals surface area contributed by atoms with E-state index in [1.54, 1.807) is 6.07 Å². The van der Waals surface area contributed by atoms with E-state index in [4.69, 9.17) is 5.73 Å². The number of rotatable bonds is 2. The number of nitrogens with two attached hydrogens (primary N) is 1. The molecule has 1 rings (SSSR count). The second-order valence-electron chi connectivity index (χ2n) is 1.97. The molecule has 0 aliphatic heterocycles. The van der Waals surface area contributed by atoms with E-state index >= 15 is 0 Å². The van der Waals surface area contributed by atoms with Gasteiger partial charge in [-0.05, 0) is 6.07 Å². The highest BCUT2D eigenvalue weighted by Gasteiger charge is 2.08. The number of aromatic nitrogens is 2. The standard InChI is InChI=1S/C6H9N3O2/c1-11-6(10)5-2-4(3-7)8-9-5/h2H,3,7H2,1H3,(H,8,9). The summed E-state index contributed by atoms with van der Waals surface area (Å²) in [4.78, 5) is 10.8. The molecule has 0 aliphatic carbocycles. The number of nitrogens with zero attached hydrogens (tertiary/aromatic N) is 1. The Labute approximate surface area is 63.5 Å². The molecule has 5 heteroatoms. The number of H-pyrrole nitrogens is 1. The zero-order valence-electron chi connectivity index (χ0n) is 6.13. The van der Waals surface area contributed by atoms with Gasteiger partial charge in [-0.2, -0.15) is 5.10 Å². The van der Waals surface area contributed by atoms with Crippen molar-refractivity contribution in [3.05, 3.63) is 17.5 Å². The van der Waals surface area contributed by atoms with Gasteiger partial charge in [0.25, 0.3) is 0 Å². The molecule has 0 amide bonds. The highest BCUT2D eigenvalue weighted by atomic mass is 16.5. The van der Waals surface area contributed by atoms with Crippen LogP contribution in [0.25, 0.3) is 0 Å². The molecule has 1 heterocycles. The van der Waals surface area contributed by atoms with E-state index in [1.165, 1.54) is 7.11 Å². The SMILES string of the molecule is COC(=O)c1cc(CN)[nH]n1. The van der Waals surface area contributed by atoms with E-state index in [2.05, 4.69) is 14.9 Å². The number of ether oxygens (including phenoxy) is 1. The number of hydrogen-bond acceptors (Lipinski definition) is 4. The number of esters is 1. The van der Waals surface area contributed by atoms with Gasteiger partial charge in [0.05, 0.1) is 7.11 Å². The fourth-order valence-corrected chi connectivity index (χ4v) is 0.675. The molecule has 0 saturated carbocycles. The molecule has 1 aromatic heterocycles. The molecule has 1 aromatic rings. The Hall–Kier alpha value is -1.36. The molecular weight excluding hydrogens is 146 g/mol. The van der Waals surface area contributed by atoms with Gasteiger partial charge in [0.1, 0.15) is 0 Å². The van der Waals surface area contributed by atoms with Crippen molar-refractivity contribution in [2.75, 3.05) is 7.11 Å². The first-order valence-corrected chi connectivity index (χ1v) is 3.10. The van der Waals surface area contributed by atoms with Gasteiger partial charge in [0.2, 0.25) is 0 Å². The third-order valence-electron chi connectivity index (χ3n) is 1.25. The van der Waals surface area contributed by atoms with Crippen molar-refractivity contribution in [1.82, 2.24) is 10.2 Å². The predicted octanol–water partition coefficient (Wildman–Crippen LogP) is -0.345. The fourth-order valence-electron chi connectivity index (χ4n) is 0.675. The van der Waals surface area contributed by atoms with Crippen LogP contribution in [-0.4, -0.2) is 23.3 Å². The summed E-state index contributed by atoms with van der Waals surface area (Å²) < 4.78 is 4.43. The molecule has 0 atom stereocenters. The normalized spacial score (nSPS) is 9.64. The lowest BCUT2D eigenvalue weighted by Crippen LogP contribution is -2.00. The summed E-state index contributed by atoms with van der Waals surface area (Å²) in [5, 5.41) is 6.27. The topological polar surface area (TPSA) is 81.0 Å². The molecule has 0 aromatic carbocycles. The minimum Gasteiger partial charge on any atom is -0.464 e. The number of hydrogen-bond donors (Lipinski definition) is 2. The van der Waals surface area contributed by atoms with Crippen LogP contribution in [0.2, 0.25) is 0 Å². The zero-order valence-corrected chi connectivity index (χ0v) is 6.13. The van der Waals surface area contributed by atoms with Gasteiger partial charge in [-0.3, -0.25) is 5.10 Å². The fraction of sp³-hybridized carbons (Fsp3) is 0.333. The van der Waals surface area contributed by atoms with Crippen molar-refractivity contribution in [1.29, 1.82) is 0 Å². The summed E-state index contributed by atoms with van der Waals surface area (Å²) in [6.45, 7) is 0.337. The Balaban J connectivity index is 2.80. The zero-order chi connectivity index (χ0) is 8.27. The predicted molar refractivity (Wildman–Crippen MR) is 37.8 cm³/mol. The van der Waals surface area contributed by atoms with Gasteiger partial charge in [0, 0.05) is 12.2 Å². The van der Waals surface area contributed by atoms with Gasteiger partial charge < -0.3 is 10.5 Å². The summed E-state index contributed by atoms with van der Waals surface area (Å²) in [6.07, 6.45) is 0. The molecule has 0 radical (unpaired) electrons. The Morgan fingerprint density at radius 3 is 3.09 bits per heavy atom. The second kappa shape index (κ2) is 3.16. The van der Waals surface area contributed by atoms with Crippen molar-refractivity contribution in [3.8, 4) is 0 Å². The van der Waals surface area contributed by atoms with E-state index < -0.39 is 5.97 Å². The lowest BCUT2D eigenvalue weighted by Gasteiger charge is -1.89. The van der Waals surface area contributed by atoms with Crippen LogP contribution in [0.1, 0.15) is 16.2 Å². The smallest absolute Gasteiger partial charge is 0.358 e. The van der Waals surface area contributed by atoms with Crippen LogP contribution in [0.5, 0.6) is 0 Å². The van der Waals surface area contributed by atoms with Gasteiger partial charge >= 0.3 is 5.97 Å². The van der Waals surface area contributed by atoms with E-state index in [0.29, 0.717) is 12.2 Å². The second-order valence-corrected chi connectivity index (χ2v) is 1.97. The molecule has 0 unspecified atom stereocenters. The monoisotopic (exact) mass is 155 g/mol. The van der Waals surface area contributed by atoms with Crippen molar-refractivity contribution < 1.29 is 9.53 Å². The first-order valence-electron chi connectivity index (χ1n) is 3.10. The Kier molecular flexibility index (Phi) is 2.22. The maximum absolute atomic E-state index is 10.8. The van der Waals surface area contributed by atoms with Gasteiger partial charge in [-0.1, -0.05) is 0 Å². The summed E-state index contributed by atoms with van der Waals surface area (Å²) >= 11 is 0. The Morgan fingerprint density at radius 1 is 1.91 bits per heavy atom. The number of methoxy groups -OCH3 is 1. The quantitative estimate of drug-likeness (QED) is 0.572. The summed E-state index contributed by atoms with van der Waals surface area (Å²) in [7, 11) is 1.30. The maximum atomic E-state index is 10.8. The van der Waals surface area contributed by atoms with Crippen LogP contribution in [0.15, 0.2) is 6.07 Å². The first kappa shape index (κ1) is 7.74. The van der Waals surface area contributed by atoms with Crippen LogP contribution in [-0.2, 0) is 11.3 Å². The highest BCUT2D eigenvalue weighted by molar-refractivity contribution is 5.87. The summed E-state index contributed by atoms with van der Waals surface area (Å²) in [5.74, 6) is -0.457. The van der Waals surface area contributed by atoms with E-state index in [9.17, 15) is 4.79 Å². The first-order chi connectivity index (χ1) is 5.27. The molecule has 0 fully saturated rings. The average Bonchev–Trinajstić information content (AvgIpc) is 2.50. The molecule has 5 nitrogen and oxygen atoms in total. The van der Waals surface area contributed by atoms with E-state index in [-0.39, 0.29) is 5.69 Å². The van der Waals surface area contributed by atoms with Crippen molar-refractivity contribution in [2.24, 2.45) is 5.73 Å². The van der Waals surface area contributed by atoms with Crippen LogP contribution >= 0.6 is 0 Å². The van der Waals surface area contributed by atoms with Crippen molar-refractivity contribution in [2.45, 2.75) is 6.54 Å². The summed E-state index contributed by atoms with van der Waals surface area (Å²) in [5.41, 5.74) is 6.25. The van der Waals surface area contributed by atoms with Crippen molar-refractivity contribution >= 4 is 5.97 Å². The third kappa shape index (κ3) is 1.56. The molecule has 0 saturated heterocycles. The Bertz CT molecular complexity index is 256. The average molecular weight is 155 g/mol. The van der Waals surface area contributed by atoms with Gasteiger partial charge in [-0.25, -0.2) is 4.79 Å². The number of carbonyl (C=O) groups is 1. The lowest BCUT2D eigenvalue weighted by atomic mass is 10.3. The minimum absolute atomic E-state index is 0.257. The molecule has 60 valence electrons. The lowest BCUT2D eigenvalue weighted by molar-refractivity contribution is 0.0594. The van der Waals surface area contributed by atoms with Crippen LogP contribution in [0.3, 0.4) is 0 Å². The van der Waals surface area contributed by atoms with Crippen LogP contribution in [0, 0.1) is 0 Å². The van der Waals surface area contributed by atoms with Crippen LogP contribution < -0.4 is 5.73 Å². The Morgan fingerprint density at radius 2 is 2.64 bits per heavy atom. The molecule has 0 spiro atoms. The minimum atomic E-state index is -0.457. The largest absolute Gasteiger partial charge is 0.464 e. The molecule has 0 aliphatic rings. The molecule has 0 bridgehead atoms. The third-order valence-corrected chi connectivity index (χ3v) is 1.25. The highest BCUT2D eigenvalue weighted by Crippen LogP contribution is 1.99. The maximum Gasteiger partial charge on any atom is 0.358 e. The van der Waals surface area contributed by atoms with E-state index in [0.717, 1.165) is 0 Å². The number of nitrogens with one attached hydrogen (secondary N) is 1.